The number of rotatable bonds is 9. The van der Waals surface area contributed by atoms with Crippen LogP contribution in [0.3, 0.4) is 0 Å². The number of nitrogens with one attached hydrogen (secondary N) is 2. The summed E-state index contributed by atoms with van der Waals surface area (Å²) in [4.78, 5) is 50.1. The number of carboxylic acid groups (broad SMARTS) is 1. The first-order valence-electron chi connectivity index (χ1n) is 17.9. The van der Waals surface area contributed by atoms with Crippen LogP contribution in [0.5, 0.6) is 5.75 Å². The number of aromatic nitrogens is 2. The molecule has 0 atom stereocenters. The number of carbonyl (C=O) groups excluding carboxylic acids is 2. The number of piperazine rings is 1. The minimum atomic E-state index is -5.08. The highest BCUT2D eigenvalue weighted by Crippen LogP contribution is 2.34. The van der Waals surface area contributed by atoms with Gasteiger partial charge in [-0.2, -0.15) is 13.2 Å². The van der Waals surface area contributed by atoms with Crippen molar-refractivity contribution in [1.82, 2.24) is 24.7 Å². The van der Waals surface area contributed by atoms with Crippen LogP contribution in [0.15, 0.2) is 30.1 Å². The molecule has 1 aliphatic carbocycles. The molecule has 2 amide bonds. The third-order valence-electron chi connectivity index (χ3n) is 9.79. The maximum absolute atomic E-state index is 13.6. The Bertz CT molecular complexity index is 1810. The maximum atomic E-state index is 13.6. The van der Waals surface area contributed by atoms with Crippen molar-refractivity contribution in [3.8, 4) is 5.75 Å². The standard InChI is InChI=1S/C33H44ClN7O5S.C2HF3O2/c1-47(44,45)19-18-39-14-16-41(17-15-39)33(43)24-8-11-35-30-27(20-24)31(37-22-36-30)38-25-6-7-29(28(34)21-25)46-26-9-12-40(13-10-26)32(42)23-4-2-3-5-23;3-2(4,5)1(6)7/h6-7,20-23,26H,2-5,8-19H2,1H3,(H2,35,36,37,38);(H,6,7). The number of piperidine rings is 1. The van der Waals surface area contributed by atoms with Crippen LogP contribution in [-0.2, 0) is 24.2 Å². The summed E-state index contributed by atoms with van der Waals surface area (Å²) in [6.45, 7) is 4.82. The molecule has 296 valence electrons. The maximum Gasteiger partial charge on any atom is 0.490 e. The van der Waals surface area contributed by atoms with Crippen LogP contribution >= 0.6 is 11.6 Å². The SMILES string of the molecule is CS(=O)(=O)CCN1CCN(C(=O)C2=Cc3c(ncnc3Nc3ccc(OC4CCN(C(=O)C5CCCC5)CC4)c(Cl)c3)NCC2)CC1.O=C(O)C(F)(F)F. The van der Waals surface area contributed by atoms with Gasteiger partial charge in [0.25, 0.3) is 0 Å². The molecule has 0 radical (unpaired) electrons. The van der Waals surface area contributed by atoms with Crippen molar-refractivity contribution in [2.45, 2.75) is 57.2 Å². The monoisotopic (exact) mass is 799 g/mol. The van der Waals surface area contributed by atoms with Crippen molar-refractivity contribution >= 4 is 62.6 Å². The predicted molar refractivity (Wildman–Crippen MR) is 196 cm³/mol. The van der Waals surface area contributed by atoms with Gasteiger partial charge >= 0.3 is 12.1 Å². The number of hydrogen-bond donors (Lipinski definition) is 3. The highest BCUT2D eigenvalue weighted by molar-refractivity contribution is 7.90. The highest BCUT2D eigenvalue weighted by atomic mass is 35.5. The summed E-state index contributed by atoms with van der Waals surface area (Å²) in [5.74, 6) is -0.376. The van der Waals surface area contributed by atoms with Crippen LogP contribution < -0.4 is 15.4 Å². The number of nitrogens with zero attached hydrogens (tertiary/aromatic N) is 5. The minimum absolute atomic E-state index is 0.000738. The van der Waals surface area contributed by atoms with E-state index in [1.54, 1.807) is 6.07 Å². The fourth-order valence-corrected chi connectivity index (χ4v) is 7.61. The lowest BCUT2D eigenvalue weighted by molar-refractivity contribution is -0.192. The zero-order valence-electron chi connectivity index (χ0n) is 29.9. The van der Waals surface area contributed by atoms with Crippen LogP contribution in [0.1, 0.15) is 50.5 Å². The van der Waals surface area contributed by atoms with E-state index >= 15 is 0 Å². The van der Waals surface area contributed by atoms with Crippen molar-refractivity contribution in [3.63, 3.8) is 0 Å². The molecule has 14 nitrogen and oxygen atoms in total. The summed E-state index contributed by atoms with van der Waals surface area (Å²) < 4.78 is 61.1. The Hall–Kier alpha value is -4.16. The molecule has 1 saturated carbocycles. The molecular weight excluding hydrogens is 755 g/mol. The first-order chi connectivity index (χ1) is 25.6. The van der Waals surface area contributed by atoms with E-state index in [1.165, 1.54) is 12.6 Å². The van der Waals surface area contributed by atoms with Gasteiger partial charge in [-0.05, 0) is 43.5 Å². The summed E-state index contributed by atoms with van der Waals surface area (Å²) in [6.07, 6.45) is 5.95. The second kappa shape index (κ2) is 18.0. The Balaban J connectivity index is 0.000000730. The van der Waals surface area contributed by atoms with Crippen LogP contribution in [-0.4, -0.2) is 133 Å². The number of amides is 2. The van der Waals surface area contributed by atoms with E-state index in [0.29, 0.717) is 98.2 Å². The molecule has 4 heterocycles. The number of hydrogen-bond acceptors (Lipinski definition) is 11. The lowest BCUT2D eigenvalue weighted by atomic mass is 10.0. The number of fused-ring (bicyclic) bond motifs is 1. The van der Waals surface area contributed by atoms with E-state index < -0.39 is 22.0 Å². The Labute approximate surface area is 317 Å². The lowest BCUT2D eigenvalue weighted by Crippen LogP contribution is -2.50. The topological polar surface area (TPSA) is 174 Å². The molecule has 4 aliphatic rings. The Morgan fingerprint density at radius 2 is 1.69 bits per heavy atom. The van der Waals surface area contributed by atoms with Gasteiger partial charge in [0.15, 0.2) is 0 Å². The van der Waals surface area contributed by atoms with Crippen molar-refractivity contribution in [2.75, 3.05) is 75.0 Å². The average molecular weight is 800 g/mol. The normalized spacial score (nSPS) is 18.7. The molecule has 1 aromatic heterocycles. The van der Waals surface area contributed by atoms with Gasteiger partial charge in [0.05, 0.1) is 16.3 Å². The fourth-order valence-electron chi connectivity index (χ4n) is 6.79. The number of carbonyl (C=O) groups is 3. The van der Waals surface area contributed by atoms with E-state index in [0.717, 1.165) is 44.2 Å². The zero-order chi connectivity index (χ0) is 39.0. The van der Waals surface area contributed by atoms with Gasteiger partial charge in [-0.1, -0.05) is 24.4 Å². The summed E-state index contributed by atoms with van der Waals surface area (Å²) in [5, 5.41) is 14.3. The molecule has 3 N–H and O–H groups in total. The summed E-state index contributed by atoms with van der Waals surface area (Å²) >= 11 is 6.68. The summed E-state index contributed by atoms with van der Waals surface area (Å²) in [7, 11) is -3.03. The van der Waals surface area contributed by atoms with Crippen molar-refractivity contribution in [1.29, 1.82) is 0 Å². The third kappa shape index (κ3) is 11.4. The van der Waals surface area contributed by atoms with E-state index in [9.17, 15) is 31.2 Å². The van der Waals surface area contributed by atoms with Gasteiger partial charge in [0.2, 0.25) is 11.8 Å². The molecule has 0 bridgehead atoms. The van der Waals surface area contributed by atoms with Crippen LogP contribution in [0.2, 0.25) is 5.02 Å². The molecule has 1 aromatic carbocycles. The second-order valence-corrected chi connectivity index (χ2v) is 16.5. The number of halogens is 4. The van der Waals surface area contributed by atoms with E-state index in [2.05, 4.69) is 25.5 Å². The van der Waals surface area contributed by atoms with E-state index in [4.69, 9.17) is 26.2 Å². The molecule has 6 rings (SSSR count). The van der Waals surface area contributed by atoms with Crippen molar-refractivity contribution < 1.29 is 45.8 Å². The molecule has 54 heavy (non-hydrogen) atoms. The van der Waals surface area contributed by atoms with Gasteiger partial charge in [0, 0.05) is 88.6 Å². The molecule has 3 aliphatic heterocycles. The van der Waals surface area contributed by atoms with Crippen molar-refractivity contribution in [3.05, 3.63) is 40.7 Å². The number of alkyl halides is 3. The highest BCUT2D eigenvalue weighted by Gasteiger charge is 2.38. The minimum Gasteiger partial charge on any atom is -0.489 e. The third-order valence-corrected chi connectivity index (χ3v) is 11.0. The first kappa shape index (κ1) is 41.0. The molecule has 19 heteroatoms. The number of carboxylic acids is 1. The van der Waals surface area contributed by atoms with Gasteiger partial charge < -0.3 is 30.3 Å². The number of aliphatic carboxylic acids is 1. The number of benzene rings is 1. The molecular formula is C35H45ClF3N7O7S. The average Bonchev–Trinajstić information content (AvgIpc) is 3.58. The van der Waals surface area contributed by atoms with Gasteiger partial charge in [-0.15, -0.1) is 0 Å². The van der Waals surface area contributed by atoms with Crippen LogP contribution in [0, 0.1) is 5.92 Å². The van der Waals surface area contributed by atoms with Crippen LogP contribution in [0.4, 0.5) is 30.5 Å². The summed E-state index contributed by atoms with van der Waals surface area (Å²) in [5.41, 5.74) is 2.07. The number of anilines is 3. The zero-order valence-corrected chi connectivity index (χ0v) is 31.5. The largest absolute Gasteiger partial charge is 0.490 e. The predicted octanol–water partition coefficient (Wildman–Crippen LogP) is 4.45. The fraction of sp³-hybridized carbons (Fsp3) is 0.571. The second-order valence-electron chi connectivity index (χ2n) is 13.8. The molecule has 2 saturated heterocycles. The van der Waals surface area contributed by atoms with E-state index in [-0.39, 0.29) is 23.7 Å². The Morgan fingerprint density at radius 3 is 2.30 bits per heavy atom. The molecule has 0 spiro atoms. The number of ether oxygens (including phenoxy) is 1. The lowest BCUT2D eigenvalue weighted by Gasteiger charge is -2.35. The number of sulfone groups is 1. The smallest absolute Gasteiger partial charge is 0.489 e. The summed E-state index contributed by atoms with van der Waals surface area (Å²) in [6, 6.07) is 5.53. The van der Waals surface area contributed by atoms with E-state index in [1.807, 2.05) is 28.0 Å². The quantitative estimate of drug-likeness (QED) is 0.326. The molecule has 0 unspecified atom stereocenters. The first-order valence-corrected chi connectivity index (χ1v) is 20.3. The van der Waals surface area contributed by atoms with Crippen molar-refractivity contribution in [2.24, 2.45) is 5.92 Å². The molecule has 3 fully saturated rings. The Kier molecular flexibility index (Phi) is 13.7. The van der Waals surface area contributed by atoms with Crippen LogP contribution in [0.25, 0.3) is 6.08 Å². The van der Waals surface area contributed by atoms with Gasteiger partial charge in [0.1, 0.15) is 39.7 Å². The number of likely N-dealkylation sites (tertiary alicyclic amines) is 1. The Morgan fingerprint density at radius 1 is 1.02 bits per heavy atom. The molecule has 2 aromatic rings. The van der Waals surface area contributed by atoms with Gasteiger partial charge in [-0.25, -0.2) is 23.2 Å². The van der Waals surface area contributed by atoms with Gasteiger partial charge in [-0.3, -0.25) is 14.5 Å².